The summed E-state index contributed by atoms with van der Waals surface area (Å²) >= 11 is 12.6. The molecule has 182 valence electrons. The molecule has 0 bridgehead atoms. The monoisotopic (exact) mass is 519 g/mol. The molecule has 1 aromatic carbocycles. The van der Waals surface area contributed by atoms with Crippen LogP contribution in [0.25, 0.3) is 17.0 Å². The van der Waals surface area contributed by atoms with Gasteiger partial charge in [0.05, 0.1) is 29.3 Å². The van der Waals surface area contributed by atoms with Crippen molar-refractivity contribution in [1.29, 1.82) is 0 Å². The standard InChI is InChI=1S/C25H23Cl2N9/c1-14-10-18(17-11-15(26)4-6-20(17)35(3)13-31-29-2)32-23-9-7-21(36(14)23)25-30-12-19(33-25)16-5-8-22(28)34-24(16)27/h4-6,8,10-13,21H,1-2,7,9H2,3H3,(H2,28,34)(H,30,33)/b31-13-. The molecule has 0 radical (unpaired) electrons. The number of hydrogen-bond donors (Lipinski definition) is 2. The lowest BCUT2D eigenvalue weighted by atomic mass is 10.1. The lowest BCUT2D eigenvalue weighted by molar-refractivity contribution is 0.408. The van der Waals surface area contributed by atoms with Crippen molar-refractivity contribution in [2.45, 2.75) is 18.9 Å². The van der Waals surface area contributed by atoms with E-state index in [1.165, 1.54) is 0 Å². The van der Waals surface area contributed by atoms with Gasteiger partial charge in [0.2, 0.25) is 0 Å². The Kier molecular flexibility index (Phi) is 6.34. The third-order valence-corrected chi connectivity index (χ3v) is 6.61. The Bertz CT molecular complexity index is 1450. The molecule has 0 amide bonds. The lowest BCUT2D eigenvalue weighted by Crippen LogP contribution is -2.29. The van der Waals surface area contributed by atoms with Crippen LogP contribution in [-0.2, 0) is 0 Å². The van der Waals surface area contributed by atoms with Gasteiger partial charge in [-0.3, -0.25) is 0 Å². The van der Waals surface area contributed by atoms with E-state index in [1.54, 1.807) is 18.6 Å². The Morgan fingerprint density at radius 3 is 2.86 bits per heavy atom. The highest BCUT2D eigenvalue weighted by Crippen LogP contribution is 2.42. The summed E-state index contributed by atoms with van der Waals surface area (Å²) in [5.41, 5.74) is 10.6. The number of imidazole rings is 1. The second-order valence-corrected chi connectivity index (χ2v) is 9.17. The number of nitrogens with zero attached hydrogens (tertiary/aromatic N) is 7. The normalized spacial score (nSPS) is 17.2. The fourth-order valence-electron chi connectivity index (χ4n) is 4.46. The number of pyridine rings is 1. The number of nitrogens with two attached hydrogens (primary N) is 1. The van der Waals surface area contributed by atoms with Gasteiger partial charge in [-0.05, 0) is 42.8 Å². The van der Waals surface area contributed by atoms with Gasteiger partial charge in [0.1, 0.15) is 29.0 Å². The van der Waals surface area contributed by atoms with Crippen LogP contribution in [-0.4, -0.2) is 45.8 Å². The van der Waals surface area contributed by atoms with E-state index >= 15 is 0 Å². The molecule has 11 heteroatoms. The van der Waals surface area contributed by atoms with Crippen LogP contribution in [0, 0.1) is 0 Å². The van der Waals surface area contributed by atoms with Gasteiger partial charge >= 0.3 is 0 Å². The van der Waals surface area contributed by atoms with Crippen LogP contribution < -0.4 is 10.6 Å². The van der Waals surface area contributed by atoms with Crippen molar-refractivity contribution >= 4 is 59.3 Å². The minimum absolute atomic E-state index is 0.0318. The number of H-pyrrole nitrogens is 1. The molecule has 3 N–H and O–H groups in total. The number of amidine groups is 1. The van der Waals surface area contributed by atoms with Crippen LogP contribution in [0.2, 0.25) is 10.2 Å². The number of nitrogens with one attached hydrogen (secondary N) is 1. The minimum atomic E-state index is -0.0318. The first-order chi connectivity index (χ1) is 17.4. The molecule has 0 spiro atoms. The van der Waals surface area contributed by atoms with Crippen LogP contribution >= 0.6 is 23.2 Å². The second-order valence-electron chi connectivity index (χ2n) is 8.37. The predicted octanol–water partition coefficient (Wildman–Crippen LogP) is 5.54. The molecule has 4 heterocycles. The van der Waals surface area contributed by atoms with Gasteiger partial charge in [0.15, 0.2) is 0 Å². The van der Waals surface area contributed by atoms with Gasteiger partial charge in [-0.15, -0.1) is 5.10 Å². The fourth-order valence-corrected chi connectivity index (χ4v) is 4.89. The molecule has 36 heavy (non-hydrogen) atoms. The Morgan fingerprint density at radius 1 is 1.25 bits per heavy atom. The molecule has 2 aromatic heterocycles. The molecule has 1 fully saturated rings. The van der Waals surface area contributed by atoms with Crippen LogP contribution in [0.3, 0.4) is 0 Å². The number of allylic oxidation sites excluding steroid dienone is 1. The zero-order valence-electron chi connectivity index (χ0n) is 19.5. The van der Waals surface area contributed by atoms with E-state index in [-0.39, 0.29) is 6.04 Å². The quantitative estimate of drug-likeness (QED) is 0.192. The molecule has 1 atom stereocenters. The molecule has 0 aliphatic carbocycles. The number of aromatic nitrogens is 3. The molecule has 5 rings (SSSR count). The number of fused-ring (bicyclic) bond motifs is 1. The largest absolute Gasteiger partial charge is 0.384 e. The molecule has 3 aromatic rings. The number of halogens is 2. The van der Waals surface area contributed by atoms with Gasteiger partial charge in [0, 0.05) is 42.0 Å². The van der Waals surface area contributed by atoms with Crippen molar-refractivity contribution in [3.05, 3.63) is 76.4 Å². The first-order valence-electron chi connectivity index (χ1n) is 11.1. The summed E-state index contributed by atoms with van der Waals surface area (Å²) in [5.74, 6) is 2.09. The Labute approximate surface area is 218 Å². The highest BCUT2D eigenvalue weighted by molar-refractivity contribution is 6.32. The van der Waals surface area contributed by atoms with Crippen LogP contribution in [0.15, 0.2) is 70.1 Å². The molecule has 0 saturated carbocycles. The molecule has 9 nitrogen and oxygen atoms in total. The molecular weight excluding hydrogens is 497 g/mol. The van der Waals surface area contributed by atoms with Crippen molar-refractivity contribution in [2.24, 2.45) is 15.2 Å². The highest BCUT2D eigenvalue weighted by atomic mass is 35.5. The highest BCUT2D eigenvalue weighted by Gasteiger charge is 2.36. The van der Waals surface area contributed by atoms with E-state index in [9.17, 15) is 0 Å². The number of aromatic amines is 1. The summed E-state index contributed by atoms with van der Waals surface area (Å²) < 4.78 is 0. The summed E-state index contributed by atoms with van der Waals surface area (Å²) in [6, 6.07) is 9.14. The average Bonchev–Trinajstić information content (AvgIpc) is 3.50. The first kappa shape index (κ1) is 23.8. The van der Waals surface area contributed by atoms with E-state index < -0.39 is 0 Å². The maximum Gasteiger partial charge on any atom is 0.140 e. The number of hydrogen-bond acceptors (Lipinski definition) is 7. The van der Waals surface area contributed by atoms with Crippen molar-refractivity contribution in [1.82, 2.24) is 19.9 Å². The topological polar surface area (TPSA) is 111 Å². The Balaban J connectivity index is 1.45. The van der Waals surface area contributed by atoms with Gasteiger partial charge < -0.3 is 20.5 Å². The third kappa shape index (κ3) is 4.38. The molecule has 1 unspecified atom stereocenters. The molecule has 1 saturated heterocycles. The van der Waals surface area contributed by atoms with E-state index in [0.717, 1.165) is 58.4 Å². The SMILES string of the molecule is C=N/N=C\N(C)c1ccc(Cl)cc1C1=CC(=C)N2C(=N1)CCC2c1ncc(-c2ccc(N)nc2Cl)[nH]1. The molecule has 2 aliphatic rings. The zero-order valence-corrected chi connectivity index (χ0v) is 21.0. The van der Waals surface area contributed by atoms with E-state index in [0.29, 0.717) is 16.0 Å². The summed E-state index contributed by atoms with van der Waals surface area (Å²) in [6.07, 6.45) is 6.90. The average molecular weight is 520 g/mol. The van der Waals surface area contributed by atoms with Crippen LogP contribution in [0.1, 0.15) is 30.3 Å². The van der Waals surface area contributed by atoms with Gasteiger partial charge in [0.25, 0.3) is 0 Å². The smallest absolute Gasteiger partial charge is 0.140 e. The zero-order chi connectivity index (χ0) is 25.4. The van der Waals surface area contributed by atoms with Crippen molar-refractivity contribution < 1.29 is 0 Å². The van der Waals surface area contributed by atoms with Gasteiger partial charge in [-0.2, -0.15) is 5.10 Å². The van der Waals surface area contributed by atoms with Crippen molar-refractivity contribution in [3.63, 3.8) is 0 Å². The maximum absolute atomic E-state index is 6.35. The Morgan fingerprint density at radius 2 is 2.08 bits per heavy atom. The number of anilines is 2. The maximum atomic E-state index is 6.35. The van der Waals surface area contributed by atoms with Gasteiger partial charge in [-0.25, -0.2) is 15.0 Å². The van der Waals surface area contributed by atoms with Gasteiger partial charge in [-0.1, -0.05) is 29.8 Å². The molecular formula is C25H23Cl2N9. The summed E-state index contributed by atoms with van der Waals surface area (Å²) in [4.78, 5) is 21.1. The predicted molar refractivity (Wildman–Crippen MR) is 148 cm³/mol. The second kappa shape index (κ2) is 9.60. The third-order valence-electron chi connectivity index (χ3n) is 6.09. The minimum Gasteiger partial charge on any atom is -0.384 e. The van der Waals surface area contributed by atoms with E-state index in [4.69, 9.17) is 33.9 Å². The number of nitrogen functional groups attached to an aromatic ring is 1. The number of benzene rings is 1. The van der Waals surface area contributed by atoms with Crippen LogP contribution in [0.5, 0.6) is 0 Å². The fraction of sp³-hybridized carbons (Fsp3) is 0.160. The first-order valence-corrected chi connectivity index (χ1v) is 11.9. The summed E-state index contributed by atoms with van der Waals surface area (Å²) in [5, 5.41) is 8.35. The Hall–Kier alpha value is -3.95. The summed E-state index contributed by atoms with van der Waals surface area (Å²) in [6.45, 7) is 7.72. The number of aliphatic imine (C=N–C) groups is 1. The van der Waals surface area contributed by atoms with Crippen LogP contribution in [0.4, 0.5) is 11.5 Å². The number of rotatable bonds is 6. The van der Waals surface area contributed by atoms with E-state index in [1.807, 2.05) is 42.3 Å². The van der Waals surface area contributed by atoms with E-state index in [2.05, 4.69) is 43.4 Å². The molecule has 2 aliphatic heterocycles. The van der Waals surface area contributed by atoms with Crippen molar-refractivity contribution in [3.8, 4) is 11.3 Å². The van der Waals surface area contributed by atoms with Crippen molar-refractivity contribution in [2.75, 3.05) is 17.7 Å². The summed E-state index contributed by atoms with van der Waals surface area (Å²) in [7, 11) is 1.88. The lowest BCUT2D eigenvalue weighted by Gasteiger charge is -2.30.